The molecule has 2 N–H and O–H groups in total. The standard InChI is InChI=1S/C9H8N2O3/c1-5-2-7-3-6(9(13)14)4-8(12)11(7)10-5/h2-4,10H,1H3,(H,13,14). The van der Waals surface area contributed by atoms with Crippen molar-refractivity contribution in [3.8, 4) is 0 Å². The first-order chi connectivity index (χ1) is 6.58. The second-order valence-corrected chi connectivity index (χ2v) is 3.09. The quantitative estimate of drug-likeness (QED) is 0.696. The van der Waals surface area contributed by atoms with Gasteiger partial charge in [-0.05, 0) is 19.1 Å². The van der Waals surface area contributed by atoms with Gasteiger partial charge in [0.05, 0.1) is 11.1 Å². The summed E-state index contributed by atoms with van der Waals surface area (Å²) >= 11 is 0. The average Bonchev–Trinajstić information content (AvgIpc) is 2.45. The van der Waals surface area contributed by atoms with Crippen LogP contribution in [0.25, 0.3) is 5.52 Å². The number of aromatic amines is 1. The molecule has 72 valence electrons. The van der Waals surface area contributed by atoms with E-state index in [1.165, 1.54) is 10.6 Å². The molecule has 2 rings (SSSR count). The van der Waals surface area contributed by atoms with Gasteiger partial charge in [0.1, 0.15) is 0 Å². The van der Waals surface area contributed by atoms with E-state index in [0.29, 0.717) is 5.52 Å². The van der Waals surface area contributed by atoms with E-state index in [9.17, 15) is 9.59 Å². The van der Waals surface area contributed by atoms with Gasteiger partial charge < -0.3 is 5.11 Å². The highest BCUT2D eigenvalue weighted by atomic mass is 16.4. The lowest BCUT2D eigenvalue weighted by Crippen LogP contribution is -2.15. The summed E-state index contributed by atoms with van der Waals surface area (Å²) in [5.41, 5.74) is 1.01. The third-order valence-corrected chi connectivity index (χ3v) is 1.96. The molecule has 0 atom stereocenters. The number of aromatic nitrogens is 2. The topological polar surface area (TPSA) is 74.6 Å². The minimum Gasteiger partial charge on any atom is -0.478 e. The Morgan fingerprint density at radius 1 is 1.43 bits per heavy atom. The largest absolute Gasteiger partial charge is 0.478 e. The van der Waals surface area contributed by atoms with Crippen LogP contribution < -0.4 is 5.56 Å². The van der Waals surface area contributed by atoms with Gasteiger partial charge in [-0.25, -0.2) is 9.31 Å². The Hall–Kier alpha value is -2.04. The van der Waals surface area contributed by atoms with Crippen LogP contribution in [0, 0.1) is 6.92 Å². The molecule has 2 aromatic heterocycles. The third kappa shape index (κ3) is 1.19. The molecule has 2 aromatic rings. The first-order valence-corrected chi connectivity index (χ1v) is 4.03. The van der Waals surface area contributed by atoms with Crippen LogP contribution in [0.2, 0.25) is 0 Å². The number of rotatable bonds is 1. The van der Waals surface area contributed by atoms with Crippen molar-refractivity contribution in [2.24, 2.45) is 0 Å². The third-order valence-electron chi connectivity index (χ3n) is 1.96. The van der Waals surface area contributed by atoms with E-state index in [1.807, 2.05) is 0 Å². The second-order valence-electron chi connectivity index (χ2n) is 3.09. The molecule has 0 aliphatic heterocycles. The fourth-order valence-electron chi connectivity index (χ4n) is 1.37. The van der Waals surface area contributed by atoms with Gasteiger partial charge in [-0.15, -0.1) is 0 Å². The molecule has 0 spiro atoms. The van der Waals surface area contributed by atoms with Gasteiger partial charge in [0.25, 0.3) is 5.56 Å². The van der Waals surface area contributed by atoms with Crippen LogP contribution in [0.3, 0.4) is 0 Å². The number of aryl methyl sites for hydroxylation is 1. The van der Waals surface area contributed by atoms with Crippen molar-refractivity contribution in [3.63, 3.8) is 0 Å². The zero-order valence-corrected chi connectivity index (χ0v) is 7.44. The molecule has 5 heteroatoms. The Bertz CT molecular complexity index is 565. The normalized spacial score (nSPS) is 10.6. The number of aromatic carboxylic acids is 1. The van der Waals surface area contributed by atoms with E-state index in [0.717, 1.165) is 11.8 Å². The number of carbonyl (C=O) groups is 1. The maximum absolute atomic E-state index is 11.4. The first-order valence-electron chi connectivity index (χ1n) is 4.03. The lowest BCUT2D eigenvalue weighted by molar-refractivity contribution is 0.0696. The Morgan fingerprint density at radius 2 is 2.14 bits per heavy atom. The predicted molar refractivity (Wildman–Crippen MR) is 49.7 cm³/mol. The maximum Gasteiger partial charge on any atom is 0.335 e. The zero-order chi connectivity index (χ0) is 10.3. The van der Waals surface area contributed by atoms with E-state index in [2.05, 4.69) is 5.10 Å². The van der Waals surface area contributed by atoms with Crippen molar-refractivity contribution in [1.29, 1.82) is 0 Å². The van der Waals surface area contributed by atoms with E-state index in [1.54, 1.807) is 13.0 Å². The molecular weight excluding hydrogens is 184 g/mol. The SMILES string of the molecule is Cc1cc2cc(C(=O)O)cc(=O)n2[nH]1. The minimum atomic E-state index is -1.09. The summed E-state index contributed by atoms with van der Waals surface area (Å²) in [4.78, 5) is 22.0. The summed E-state index contributed by atoms with van der Waals surface area (Å²) < 4.78 is 1.31. The van der Waals surface area contributed by atoms with Crippen LogP contribution in [0.4, 0.5) is 0 Å². The highest BCUT2D eigenvalue weighted by Gasteiger charge is 2.07. The van der Waals surface area contributed by atoms with Crippen molar-refractivity contribution >= 4 is 11.5 Å². The molecule has 14 heavy (non-hydrogen) atoms. The van der Waals surface area contributed by atoms with Gasteiger partial charge in [-0.3, -0.25) is 9.89 Å². The van der Waals surface area contributed by atoms with Gasteiger partial charge in [-0.1, -0.05) is 0 Å². The van der Waals surface area contributed by atoms with Gasteiger partial charge in [0.15, 0.2) is 0 Å². The van der Waals surface area contributed by atoms with Crippen LogP contribution in [0.15, 0.2) is 23.0 Å². The molecule has 0 unspecified atom stereocenters. The van der Waals surface area contributed by atoms with Gasteiger partial charge in [0, 0.05) is 11.8 Å². The number of nitrogens with one attached hydrogen (secondary N) is 1. The van der Waals surface area contributed by atoms with Crippen molar-refractivity contribution in [3.05, 3.63) is 39.8 Å². The Labute approximate surface area is 78.6 Å². The fraction of sp³-hybridized carbons (Fsp3) is 0.111. The lowest BCUT2D eigenvalue weighted by Gasteiger charge is -1.94. The summed E-state index contributed by atoms with van der Waals surface area (Å²) in [6.45, 7) is 1.80. The van der Waals surface area contributed by atoms with E-state index in [4.69, 9.17) is 5.11 Å². The van der Waals surface area contributed by atoms with Gasteiger partial charge in [-0.2, -0.15) is 0 Å². The molecule has 5 nitrogen and oxygen atoms in total. The Morgan fingerprint density at radius 3 is 2.79 bits per heavy atom. The van der Waals surface area contributed by atoms with Crippen LogP contribution in [0.1, 0.15) is 16.1 Å². The summed E-state index contributed by atoms with van der Waals surface area (Å²) in [7, 11) is 0. The molecular formula is C9H8N2O3. The second kappa shape index (κ2) is 2.73. The van der Waals surface area contributed by atoms with Crippen molar-refractivity contribution in [2.75, 3.05) is 0 Å². The number of hydrogen-bond donors (Lipinski definition) is 2. The average molecular weight is 192 g/mol. The molecule has 0 aliphatic carbocycles. The number of carboxylic acid groups (broad SMARTS) is 1. The van der Waals surface area contributed by atoms with Crippen LogP contribution in [0.5, 0.6) is 0 Å². The number of pyridine rings is 1. The minimum absolute atomic E-state index is 0.00833. The fourth-order valence-corrected chi connectivity index (χ4v) is 1.37. The van der Waals surface area contributed by atoms with Crippen molar-refractivity contribution < 1.29 is 9.90 Å². The maximum atomic E-state index is 11.4. The molecule has 0 aromatic carbocycles. The lowest BCUT2D eigenvalue weighted by atomic mass is 10.2. The molecule has 0 saturated heterocycles. The monoisotopic (exact) mass is 192 g/mol. The molecule has 0 fully saturated rings. The highest BCUT2D eigenvalue weighted by molar-refractivity contribution is 5.88. The van der Waals surface area contributed by atoms with E-state index >= 15 is 0 Å². The highest BCUT2D eigenvalue weighted by Crippen LogP contribution is 2.05. The smallest absolute Gasteiger partial charge is 0.335 e. The van der Waals surface area contributed by atoms with Crippen LogP contribution >= 0.6 is 0 Å². The number of carboxylic acids is 1. The van der Waals surface area contributed by atoms with Gasteiger partial charge in [0.2, 0.25) is 0 Å². The van der Waals surface area contributed by atoms with E-state index < -0.39 is 5.97 Å². The summed E-state index contributed by atoms with van der Waals surface area (Å²) in [6, 6.07) is 4.26. The number of H-pyrrole nitrogens is 1. The summed E-state index contributed by atoms with van der Waals surface area (Å²) in [5.74, 6) is -1.09. The molecule has 0 amide bonds. The van der Waals surface area contributed by atoms with Crippen LogP contribution in [-0.4, -0.2) is 20.7 Å². The van der Waals surface area contributed by atoms with E-state index in [-0.39, 0.29) is 11.1 Å². The van der Waals surface area contributed by atoms with Crippen LogP contribution in [-0.2, 0) is 0 Å². The van der Waals surface area contributed by atoms with Crippen molar-refractivity contribution in [2.45, 2.75) is 6.92 Å². The molecule has 0 bridgehead atoms. The molecule has 0 saturated carbocycles. The molecule has 0 radical (unpaired) electrons. The summed E-state index contributed by atoms with van der Waals surface area (Å²) in [6.07, 6.45) is 0. The Balaban J connectivity index is 2.84. The first kappa shape index (κ1) is 8.55. The number of nitrogens with zero attached hydrogens (tertiary/aromatic N) is 1. The Kier molecular flexibility index (Phi) is 1.67. The molecule has 0 aliphatic rings. The van der Waals surface area contributed by atoms with Crippen molar-refractivity contribution in [1.82, 2.24) is 9.61 Å². The summed E-state index contributed by atoms with van der Waals surface area (Å²) in [5, 5.41) is 11.5. The number of fused-ring (bicyclic) bond motifs is 1. The predicted octanol–water partition coefficient (Wildman–Crippen LogP) is 0.634. The molecule has 2 heterocycles. The number of hydrogen-bond acceptors (Lipinski definition) is 2. The van der Waals surface area contributed by atoms with Gasteiger partial charge >= 0.3 is 5.97 Å². The zero-order valence-electron chi connectivity index (χ0n) is 7.44.